The number of halogens is 1. The van der Waals surface area contributed by atoms with Crippen molar-refractivity contribution in [2.75, 3.05) is 5.32 Å². The van der Waals surface area contributed by atoms with Crippen LogP contribution in [0.5, 0.6) is 0 Å². The maximum absolute atomic E-state index is 11.4. The highest BCUT2D eigenvalue weighted by Crippen LogP contribution is 2.24. The molecule has 0 amide bonds. The predicted molar refractivity (Wildman–Crippen MR) is 101 cm³/mol. The largest absolute Gasteiger partial charge is 0.380 e. The fourth-order valence-electron chi connectivity index (χ4n) is 2.75. The van der Waals surface area contributed by atoms with Crippen LogP contribution in [0, 0.1) is 0 Å². The molecule has 0 radical (unpaired) electrons. The summed E-state index contributed by atoms with van der Waals surface area (Å²) >= 11 is 6.19. The molecule has 0 spiro atoms. The predicted octanol–water partition coefficient (Wildman–Crippen LogP) is 4.18. The summed E-state index contributed by atoms with van der Waals surface area (Å²) < 4.78 is 0. The molecule has 2 heterocycles. The molecule has 0 aliphatic carbocycles. The van der Waals surface area contributed by atoms with Crippen LogP contribution in [0.15, 0.2) is 65.7 Å². The van der Waals surface area contributed by atoms with Gasteiger partial charge in [0.2, 0.25) is 0 Å². The molecule has 4 rings (SSSR count). The Morgan fingerprint density at radius 2 is 1.80 bits per heavy atom. The van der Waals surface area contributed by atoms with Crippen molar-refractivity contribution < 1.29 is 0 Å². The monoisotopic (exact) mass is 350 g/mol. The minimum atomic E-state index is -0.208. The van der Waals surface area contributed by atoms with Crippen molar-refractivity contribution >= 4 is 28.3 Å². The molecule has 2 aromatic heterocycles. The molecule has 0 aliphatic rings. The lowest BCUT2D eigenvalue weighted by Crippen LogP contribution is -2.00. The SMILES string of the molecule is O=c1[nH]c2ccc(-c3cncc(NCc4ccccc4Cl)c3)cc2[nH]1. The van der Waals surface area contributed by atoms with Gasteiger partial charge in [0.25, 0.3) is 0 Å². The van der Waals surface area contributed by atoms with Gasteiger partial charge in [-0.2, -0.15) is 0 Å². The van der Waals surface area contributed by atoms with Gasteiger partial charge < -0.3 is 15.3 Å². The van der Waals surface area contributed by atoms with Gasteiger partial charge in [-0.05, 0) is 35.4 Å². The summed E-state index contributed by atoms with van der Waals surface area (Å²) in [6, 6.07) is 15.5. The molecule has 3 N–H and O–H groups in total. The summed E-state index contributed by atoms with van der Waals surface area (Å²) in [5.41, 5.74) is 5.23. The second-order valence-corrected chi connectivity index (χ2v) is 6.15. The van der Waals surface area contributed by atoms with Crippen LogP contribution in [0.4, 0.5) is 5.69 Å². The van der Waals surface area contributed by atoms with Crippen LogP contribution in [0.1, 0.15) is 5.56 Å². The first-order valence-electron chi connectivity index (χ1n) is 7.84. The van der Waals surface area contributed by atoms with Crippen LogP contribution in [-0.4, -0.2) is 15.0 Å². The maximum Gasteiger partial charge on any atom is 0.323 e. The first kappa shape index (κ1) is 15.5. The van der Waals surface area contributed by atoms with Crippen LogP contribution in [0.25, 0.3) is 22.2 Å². The fourth-order valence-corrected chi connectivity index (χ4v) is 2.95. The number of rotatable bonds is 4. The first-order valence-corrected chi connectivity index (χ1v) is 8.21. The number of hydrogen-bond donors (Lipinski definition) is 3. The molecular formula is C19H15ClN4O. The van der Waals surface area contributed by atoms with E-state index in [0.717, 1.165) is 38.4 Å². The normalized spacial score (nSPS) is 10.9. The van der Waals surface area contributed by atoms with Gasteiger partial charge >= 0.3 is 5.69 Å². The molecule has 0 fully saturated rings. The summed E-state index contributed by atoms with van der Waals surface area (Å²) in [5.74, 6) is 0. The molecule has 0 unspecified atom stereocenters. The third-order valence-electron chi connectivity index (χ3n) is 4.03. The average Bonchev–Trinajstić information content (AvgIpc) is 3.00. The number of pyridine rings is 1. The molecule has 4 aromatic rings. The molecule has 5 nitrogen and oxygen atoms in total. The van der Waals surface area contributed by atoms with Crippen molar-refractivity contribution in [2.45, 2.75) is 6.54 Å². The van der Waals surface area contributed by atoms with Gasteiger partial charge in [0.05, 0.1) is 16.7 Å². The standard InChI is InChI=1S/C19H15ClN4O/c20-16-4-2-1-3-13(16)10-22-15-7-14(9-21-11-15)12-5-6-17-18(8-12)24-19(25)23-17/h1-9,11,22H,10H2,(H2,23,24,25). The van der Waals surface area contributed by atoms with E-state index in [-0.39, 0.29) is 5.69 Å². The highest BCUT2D eigenvalue weighted by atomic mass is 35.5. The van der Waals surface area contributed by atoms with Gasteiger partial charge in [-0.1, -0.05) is 35.9 Å². The second-order valence-electron chi connectivity index (χ2n) is 5.75. The molecular weight excluding hydrogens is 336 g/mol. The number of H-pyrrole nitrogens is 2. The van der Waals surface area contributed by atoms with Crippen LogP contribution in [0.2, 0.25) is 5.02 Å². The molecule has 0 atom stereocenters. The Balaban J connectivity index is 1.59. The van der Waals surface area contributed by atoms with E-state index in [1.807, 2.05) is 48.5 Å². The maximum atomic E-state index is 11.4. The lowest BCUT2D eigenvalue weighted by atomic mass is 10.1. The van der Waals surface area contributed by atoms with Gasteiger partial charge in [-0.15, -0.1) is 0 Å². The molecule has 6 heteroatoms. The van der Waals surface area contributed by atoms with Gasteiger partial charge in [0.1, 0.15) is 0 Å². The number of imidazole rings is 1. The van der Waals surface area contributed by atoms with Crippen molar-refractivity contribution in [3.63, 3.8) is 0 Å². The number of anilines is 1. The quantitative estimate of drug-likeness (QED) is 0.517. The van der Waals surface area contributed by atoms with Crippen molar-refractivity contribution in [3.05, 3.63) is 82.0 Å². The summed E-state index contributed by atoms with van der Waals surface area (Å²) in [6.07, 6.45) is 3.57. The van der Waals surface area contributed by atoms with Crippen molar-refractivity contribution in [3.8, 4) is 11.1 Å². The van der Waals surface area contributed by atoms with Crippen molar-refractivity contribution in [1.82, 2.24) is 15.0 Å². The average molecular weight is 351 g/mol. The Hall–Kier alpha value is -3.05. The third-order valence-corrected chi connectivity index (χ3v) is 4.40. The van der Waals surface area contributed by atoms with Gasteiger partial charge in [-0.3, -0.25) is 4.98 Å². The number of aromatic amines is 2. The molecule has 2 aromatic carbocycles. The van der Waals surface area contributed by atoms with Gasteiger partial charge in [0, 0.05) is 29.5 Å². The van der Waals surface area contributed by atoms with Crippen molar-refractivity contribution in [2.24, 2.45) is 0 Å². The smallest absolute Gasteiger partial charge is 0.323 e. The molecule has 0 bridgehead atoms. The molecule has 25 heavy (non-hydrogen) atoms. The van der Waals surface area contributed by atoms with E-state index >= 15 is 0 Å². The van der Waals surface area contributed by atoms with Crippen LogP contribution in [0.3, 0.4) is 0 Å². The minimum Gasteiger partial charge on any atom is -0.380 e. The molecule has 0 aliphatic heterocycles. The van der Waals surface area contributed by atoms with Crippen LogP contribution in [-0.2, 0) is 6.54 Å². The van der Waals surface area contributed by atoms with Crippen LogP contribution < -0.4 is 11.0 Å². The van der Waals surface area contributed by atoms with E-state index in [0.29, 0.717) is 6.54 Å². The molecule has 124 valence electrons. The minimum absolute atomic E-state index is 0.208. The summed E-state index contributed by atoms with van der Waals surface area (Å²) in [5, 5.41) is 4.08. The molecule has 0 saturated carbocycles. The van der Waals surface area contributed by atoms with Crippen molar-refractivity contribution in [1.29, 1.82) is 0 Å². The molecule has 0 saturated heterocycles. The van der Waals surface area contributed by atoms with E-state index < -0.39 is 0 Å². The summed E-state index contributed by atoms with van der Waals surface area (Å²) in [6.45, 7) is 0.620. The number of aromatic nitrogens is 3. The third kappa shape index (κ3) is 3.27. The Kier molecular flexibility index (Phi) is 3.99. The van der Waals surface area contributed by atoms with Crippen LogP contribution >= 0.6 is 11.6 Å². The van der Waals surface area contributed by atoms with Gasteiger partial charge in [-0.25, -0.2) is 4.79 Å². The Labute approximate surface area is 148 Å². The lowest BCUT2D eigenvalue weighted by Gasteiger charge is -2.09. The number of nitrogens with one attached hydrogen (secondary N) is 3. The zero-order valence-corrected chi connectivity index (χ0v) is 14.0. The lowest BCUT2D eigenvalue weighted by molar-refractivity contribution is 1.14. The highest BCUT2D eigenvalue weighted by molar-refractivity contribution is 6.31. The Bertz CT molecular complexity index is 1100. The summed E-state index contributed by atoms with van der Waals surface area (Å²) in [4.78, 5) is 21.2. The van der Waals surface area contributed by atoms with Gasteiger partial charge in [0.15, 0.2) is 0 Å². The van der Waals surface area contributed by atoms with E-state index in [9.17, 15) is 4.79 Å². The zero-order valence-electron chi connectivity index (χ0n) is 13.2. The topological polar surface area (TPSA) is 73.6 Å². The Morgan fingerprint density at radius 3 is 2.68 bits per heavy atom. The van der Waals surface area contributed by atoms with E-state index in [4.69, 9.17) is 11.6 Å². The zero-order chi connectivity index (χ0) is 17.2. The highest BCUT2D eigenvalue weighted by Gasteiger charge is 2.05. The number of nitrogens with zero attached hydrogens (tertiary/aromatic N) is 1. The number of hydrogen-bond acceptors (Lipinski definition) is 3. The Morgan fingerprint density at radius 1 is 0.960 bits per heavy atom. The number of fused-ring (bicyclic) bond motifs is 1. The summed E-state index contributed by atoms with van der Waals surface area (Å²) in [7, 11) is 0. The second kappa shape index (κ2) is 6.45. The van der Waals surface area contributed by atoms with E-state index in [1.54, 1.807) is 12.4 Å². The number of benzene rings is 2. The van der Waals surface area contributed by atoms with E-state index in [2.05, 4.69) is 20.3 Å². The first-order chi connectivity index (χ1) is 12.2. The van der Waals surface area contributed by atoms with E-state index in [1.165, 1.54) is 0 Å². The fraction of sp³-hybridized carbons (Fsp3) is 0.0526.